The van der Waals surface area contributed by atoms with Crippen molar-refractivity contribution in [1.82, 2.24) is 5.32 Å². The number of rotatable bonds is 7. The number of alkyl carbamates (subject to hydrolysis) is 1. The van der Waals surface area contributed by atoms with E-state index in [9.17, 15) is 14.7 Å². The number of amides is 1. The van der Waals surface area contributed by atoms with Crippen LogP contribution in [0.5, 0.6) is 0 Å². The molecule has 0 heterocycles. The third kappa shape index (κ3) is 16.4. The Kier molecular flexibility index (Phi) is 12.9. The molecule has 6 heteroatoms. The van der Waals surface area contributed by atoms with E-state index >= 15 is 0 Å². The molecule has 1 amide bonds. The number of unbranched alkanes of at least 4 members (excludes halogenated alkanes) is 3. The zero-order chi connectivity index (χ0) is 13.3. The summed E-state index contributed by atoms with van der Waals surface area (Å²) in [6, 6.07) is 0. The third-order valence-electron chi connectivity index (χ3n) is 1.98. The Morgan fingerprint density at radius 3 is 2.17 bits per heavy atom. The van der Waals surface area contributed by atoms with Crippen molar-refractivity contribution in [3.05, 3.63) is 0 Å². The number of carbonyl (C=O) groups excluding carboxylic acids is 2. The van der Waals surface area contributed by atoms with Gasteiger partial charge in [-0.3, -0.25) is 0 Å². The summed E-state index contributed by atoms with van der Waals surface area (Å²) in [5.41, 5.74) is -0.474. The van der Waals surface area contributed by atoms with E-state index in [4.69, 9.17) is 4.74 Å². The number of hydrogen-bond acceptors (Lipinski definition) is 4. The van der Waals surface area contributed by atoms with E-state index in [1.54, 1.807) is 0 Å². The summed E-state index contributed by atoms with van der Waals surface area (Å²) in [6.45, 7) is 5.99. The molecule has 1 N–H and O–H groups in total. The molecule has 0 rings (SSSR count). The van der Waals surface area contributed by atoms with Crippen LogP contribution in [0.25, 0.3) is 0 Å². The molecule has 0 aromatic heterocycles. The van der Waals surface area contributed by atoms with Crippen LogP contribution in [-0.2, 0) is 9.53 Å². The van der Waals surface area contributed by atoms with Gasteiger partial charge in [-0.1, -0.05) is 12.8 Å². The fourth-order valence-corrected chi connectivity index (χ4v) is 1.25. The van der Waals surface area contributed by atoms with Gasteiger partial charge in [0.1, 0.15) is 5.60 Å². The van der Waals surface area contributed by atoms with Gasteiger partial charge in [-0.15, -0.1) is 0 Å². The summed E-state index contributed by atoms with van der Waals surface area (Å²) in [5, 5.41) is 12.8. The second-order valence-electron chi connectivity index (χ2n) is 4.96. The number of hydrogen-bond donors (Lipinski definition) is 1. The van der Waals surface area contributed by atoms with Crippen molar-refractivity contribution in [3.8, 4) is 0 Å². The Balaban J connectivity index is 0. The minimum absolute atomic E-state index is 0. The largest absolute Gasteiger partial charge is 1.00 e. The molecule has 100 valence electrons. The van der Waals surface area contributed by atoms with Crippen LogP contribution in [0.4, 0.5) is 4.79 Å². The third-order valence-corrected chi connectivity index (χ3v) is 1.98. The predicted octanol–water partition coefficient (Wildman–Crippen LogP) is -1.78. The van der Waals surface area contributed by atoms with E-state index in [0.29, 0.717) is 13.0 Å². The number of carbonyl (C=O) groups is 2. The summed E-state index contributed by atoms with van der Waals surface area (Å²) in [6.07, 6.45) is 2.89. The second kappa shape index (κ2) is 11.2. The van der Waals surface area contributed by atoms with Crippen molar-refractivity contribution in [3.63, 3.8) is 0 Å². The van der Waals surface area contributed by atoms with Crippen LogP contribution < -0.4 is 61.8 Å². The Labute approximate surface area is 151 Å². The van der Waals surface area contributed by atoms with Gasteiger partial charge in [0.15, 0.2) is 0 Å². The van der Waals surface area contributed by atoms with Crippen LogP contribution >= 0.6 is 0 Å². The minimum atomic E-state index is -1.00. The molecule has 0 atom stereocenters. The van der Waals surface area contributed by atoms with Crippen LogP contribution in [0, 0.1) is 0 Å². The summed E-state index contributed by atoms with van der Waals surface area (Å²) >= 11 is 0. The van der Waals surface area contributed by atoms with E-state index in [1.165, 1.54) is 0 Å². The van der Waals surface area contributed by atoms with E-state index in [0.717, 1.165) is 19.3 Å². The zero-order valence-corrected chi connectivity index (χ0v) is 15.0. The molecule has 0 aliphatic carbocycles. The van der Waals surface area contributed by atoms with Crippen molar-refractivity contribution in [2.45, 2.75) is 58.5 Å². The molecule has 0 aromatic carbocycles. The first-order valence-electron chi connectivity index (χ1n) is 5.98. The van der Waals surface area contributed by atoms with Gasteiger partial charge >= 0.3 is 57.5 Å². The molecular formula is C12H22KNO4. The number of carboxylic acid groups (broad SMARTS) is 1. The maximum Gasteiger partial charge on any atom is 1.00 e. The van der Waals surface area contributed by atoms with Gasteiger partial charge in [0.2, 0.25) is 0 Å². The maximum atomic E-state index is 11.2. The molecule has 0 spiro atoms. The van der Waals surface area contributed by atoms with E-state index in [2.05, 4.69) is 5.32 Å². The van der Waals surface area contributed by atoms with E-state index < -0.39 is 17.7 Å². The SMILES string of the molecule is CC(C)(C)OC(=O)NCCCCCCC(=O)[O-].[K+]. The van der Waals surface area contributed by atoms with Crippen LogP contribution in [0.2, 0.25) is 0 Å². The molecule has 0 aliphatic rings. The number of carboxylic acids is 1. The fourth-order valence-electron chi connectivity index (χ4n) is 1.25. The molecule has 0 bridgehead atoms. The molecule has 0 saturated heterocycles. The summed E-state index contributed by atoms with van der Waals surface area (Å²) in [7, 11) is 0. The van der Waals surface area contributed by atoms with Crippen molar-refractivity contribution >= 4 is 12.1 Å². The summed E-state index contributed by atoms with van der Waals surface area (Å²) < 4.78 is 5.06. The minimum Gasteiger partial charge on any atom is -0.550 e. The van der Waals surface area contributed by atoms with E-state index in [1.807, 2.05) is 20.8 Å². The maximum absolute atomic E-state index is 11.2. The van der Waals surface area contributed by atoms with Crippen molar-refractivity contribution < 1.29 is 70.8 Å². The smallest absolute Gasteiger partial charge is 0.550 e. The van der Waals surface area contributed by atoms with Gasteiger partial charge < -0.3 is 20.0 Å². The van der Waals surface area contributed by atoms with Crippen molar-refractivity contribution in [1.29, 1.82) is 0 Å². The van der Waals surface area contributed by atoms with Crippen molar-refractivity contribution in [2.24, 2.45) is 0 Å². The van der Waals surface area contributed by atoms with Gasteiger partial charge in [-0.05, 0) is 40.0 Å². The van der Waals surface area contributed by atoms with E-state index in [-0.39, 0.29) is 57.8 Å². The first-order valence-corrected chi connectivity index (χ1v) is 5.98. The zero-order valence-electron chi connectivity index (χ0n) is 11.9. The Morgan fingerprint density at radius 2 is 1.67 bits per heavy atom. The average Bonchev–Trinajstić information content (AvgIpc) is 2.12. The topological polar surface area (TPSA) is 78.5 Å². The monoisotopic (exact) mass is 283 g/mol. The van der Waals surface area contributed by atoms with Gasteiger partial charge in [-0.2, -0.15) is 0 Å². The van der Waals surface area contributed by atoms with Crippen molar-refractivity contribution in [2.75, 3.05) is 6.54 Å². The Morgan fingerprint density at radius 1 is 1.11 bits per heavy atom. The van der Waals surface area contributed by atoms with Gasteiger partial charge in [0.05, 0.1) is 0 Å². The molecule has 5 nitrogen and oxygen atoms in total. The molecular weight excluding hydrogens is 261 g/mol. The Bertz CT molecular complexity index is 251. The molecule has 0 aliphatic heterocycles. The van der Waals surface area contributed by atoms with Gasteiger partial charge in [-0.25, -0.2) is 4.79 Å². The summed E-state index contributed by atoms with van der Waals surface area (Å²) in [4.78, 5) is 21.3. The number of nitrogens with one attached hydrogen (secondary N) is 1. The average molecular weight is 283 g/mol. The van der Waals surface area contributed by atoms with Crippen LogP contribution in [-0.4, -0.2) is 24.2 Å². The standard InChI is InChI=1S/C12H23NO4.K/c1-12(2,3)17-11(16)13-9-7-5-4-6-8-10(14)15;/h4-9H2,1-3H3,(H,13,16)(H,14,15);/q;+1/p-1. The second-order valence-corrected chi connectivity index (χ2v) is 4.96. The first-order chi connectivity index (χ1) is 7.81. The first kappa shape index (κ1) is 20.7. The Hall–Kier alpha value is 0.376. The van der Waals surface area contributed by atoms with Crippen LogP contribution in [0.1, 0.15) is 52.9 Å². The number of aliphatic carboxylic acids is 1. The molecule has 0 fully saturated rings. The van der Waals surface area contributed by atoms with Gasteiger partial charge in [0, 0.05) is 12.5 Å². The molecule has 0 aromatic rings. The molecule has 0 saturated carbocycles. The quantitative estimate of drug-likeness (QED) is 0.442. The predicted molar refractivity (Wildman–Crippen MR) is 62.3 cm³/mol. The molecule has 18 heavy (non-hydrogen) atoms. The van der Waals surface area contributed by atoms with Gasteiger partial charge in [0.25, 0.3) is 0 Å². The molecule has 0 unspecified atom stereocenters. The molecule has 0 radical (unpaired) electrons. The fraction of sp³-hybridized carbons (Fsp3) is 0.833. The summed E-state index contributed by atoms with van der Waals surface area (Å²) in [5.74, 6) is -1.00. The van der Waals surface area contributed by atoms with Crippen LogP contribution in [0.15, 0.2) is 0 Å². The number of ether oxygens (including phenoxy) is 1. The van der Waals surface area contributed by atoms with Crippen LogP contribution in [0.3, 0.4) is 0 Å². The normalized spacial score (nSPS) is 10.4.